The van der Waals surface area contributed by atoms with Gasteiger partial charge in [0.15, 0.2) is 5.13 Å². The lowest BCUT2D eigenvalue weighted by atomic mass is 10.3. The average Bonchev–Trinajstić information content (AvgIpc) is 3.01. The lowest BCUT2D eigenvalue weighted by Gasteiger charge is -1.94. The molecule has 0 unspecified atom stereocenters. The molecular formula is C14H11ClN4OS. The maximum atomic E-state index is 11.9. The molecule has 2 heterocycles. The van der Waals surface area contributed by atoms with Gasteiger partial charge in [0, 0.05) is 29.9 Å². The summed E-state index contributed by atoms with van der Waals surface area (Å²) >= 11 is 7.31. The van der Waals surface area contributed by atoms with Gasteiger partial charge >= 0.3 is 0 Å². The summed E-state index contributed by atoms with van der Waals surface area (Å²) in [7, 11) is 1.82. The number of nitrogens with one attached hydrogen (secondary N) is 1. The summed E-state index contributed by atoms with van der Waals surface area (Å²) in [6, 6.07) is 5.43. The Hall–Kier alpha value is -2.18. The van der Waals surface area contributed by atoms with Crippen molar-refractivity contribution < 1.29 is 4.79 Å². The molecule has 1 aromatic carbocycles. The van der Waals surface area contributed by atoms with Gasteiger partial charge in [-0.1, -0.05) is 22.9 Å². The van der Waals surface area contributed by atoms with E-state index in [0.29, 0.717) is 10.2 Å². The Kier molecular flexibility index (Phi) is 3.72. The van der Waals surface area contributed by atoms with Gasteiger partial charge in [0.2, 0.25) is 5.91 Å². The molecule has 0 spiro atoms. The van der Waals surface area contributed by atoms with Crippen LogP contribution in [-0.4, -0.2) is 20.7 Å². The minimum Gasteiger partial charge on any atom is -0.298 e. The van der Waals surface area contributed by atoms with Gasteiger partial charge in [0.25, 0.3) is 0 Å². The quantitative estimate of drug-likeness (QED) is 0.753. The largest absolute Gasteiger partial charge is 0.298 e. The highest BCUT2D eigenvalue weighted by Crippen LogP contribution is 2.28. The van der Waals surface area contributed by atoms with Crippen LogP contribution in [0.25, 0.3) is 16.3 Å². The molecule has 0 aliphatic rings. The Morgan fingerprint density at radius 2 is 2.33 bits per heavy atom. The number of aryl methyl sites for hydroxylation is 1. The summed E-state index contributed by atoms with van der Waals surface area (Å²) in [6.07, 6.45) is 6.66. The van der Waals surface area contributed by atoms with E-state index in [1.54, 1.807) is 23.0 Å². The van der Waals surface area contributed by atoms with Crippen LogP contribution < -0.4 is 5.32 Å². The SMILES string of the molecule is Cn1cc(/C=C/C(=O)Nc2nc3ccc(Cl)cc3s2)cn1. The Bertz CT molecular complexity index is 836. The first kappa shape index (κ1) is 13.8. The van der Waals surface area contributed by atoms with Crippen LogP contribution in [0.4, 0.5) is 5.13 Å². The number of halogens is 1. The Labute approximate surface area is 129 Å². The number of carbonyl (C=O) groups is 1. The van der Waals surface area contributed by atoms with Crippen molar-refractivity contribution in [2.75, 3.05) is 5.32 Å². The lowest BCUT2D eigenvalue weighted by Crippen LogP contribution is -2.07. The first-order valence-electron chi connectivity index (χ1n) is 6.14. The van der Waals surface area contributed by atoms with E-state index in [2.05, 4.69) is 15.4 Å². The molecular weight excluding hydrogens is 308 g/mol. The molecule has 5 nitrogen and oxygen atoms in total. The zero-order valence-electron chi connectivity index (χ0n) is 11.1. The van der Waals surface area contributed by atoms with Gasteiger partial charge in [-0.15, -0.1) is 0 Å². The fourth-order valence-electron chi connectivity index (χ4n) is 1.80. The number of thiazole rings is 1. The van der Waals surface area contributed by atoms with Crippen molar-refractivity contribution in [2.45, 2.75) is 0 Å². The standard InChI is InChI=1S/C14H11ClN4OS/c1-19-8-9(7-16-19)2-5-13(20)18-14-17-11-4-3-10(15)6-12(11)21-14/h2-8H,1H3,(H,17,18,20)/b5-2+. The van der Waals surface area contributed by atoms with Crippen molar-refractivity contribution in [1.29, 1.82) is 0 Å². The Balaban J connectivity index is 1.72. The highest BCUT2D eigenvalue weighted by molar-refractivity contribution is 7.22. The molecule has 21 heavy (non-hydrogen) atoms. The second kappa shape index (κ2) is 5.67. The highest BCUT2D eigenvalue weighted by atomic mass is 35.5. The van der Waals surface area contributed by atoms with Crippen LogP contribution in [0.2, 0.25) is 5.02 Å². The molecule has 0 fully saturated rings. The van der Waals surface area contributed by atoms with Crippen molar-refractivity contribution in [2.24, 2.45) is 7.05 Å². The van der Waals surface area contributed by atoms with Gasteiger partial charge in [-0.05, 0) is 24.3 Å². The van der Waals surface area contributed by atoms with E-state index in [0.717, 1.165) is 15.8 Å². The third kappa shape index (κ3) is 3.29. The predicted octanol–water partition coefficient (Wildman–Crippen LogP) is 3.34. The van der Waals surface area contributed by atoms with Crippen LogP contribution >= 0.6 is 22.9 Å². The number of hydrogen-bond acceptors (Lipinski definition) is 4. The molecule has 0 aliphatic carbocycles. The van der Waals surface area contributed by atoms with Crippen LogP contribution in [-0.2, 0) is 11.8 Å². The van der Waals surface area contributed by atoms with Crippen LogP contribution in [0.15, 0.2) is 36.7 Å². The number of nitrogens with zero attached hydrogens (tertiary/aromatic N) is 3. The normalized spacial score (nSPS) is 11.3. The maximum absolute atomic E-state index is 11.9. The van der Waals surface area contributed by atoms with Crippen molar-refractivity contribution in [1.82, 2.24) is 14.8 Å². The second-order valence-corrected chi connectivity index (χ2v) is 5.87. The van der Waals surface area contributed by atoms with Crippen molar-refractivity contribution in [3.05, 3.63) is 47.3 Å². The number of fused-ring (bicyclic) bond motifs is 1. The molecule has 3 rings (SSSR count). The Morgan fingerprint density at radius 1 is 1.48 bits per heavy atom. The molecule has 0 saturated heterocycles. The summed E-state index contributed by atoms with van der Waals surface area (Å²) in [5.41, 5.74) is 1.68. The highest BCUT2D eigenvalue weighted by Gasteiger charge is 2.06. The number of rotatable bonds is 3. The van der Waals surface area contributed by atoms with E-state index in [1.165, 1.54) is 17.4 Å². The average molecular weight is 319 g/mol. The molecule has 106 valence electrons. The van der Waals surface area contributed by atoms with Crippen LogP contribution in [0.3, 0.4) is 0 Å². The first-order valence-corrected chi connectivity index (χ1v) is 7.33. The molecule has 0 saturated carbocycles. The minimum absolute atomic E-state index is 0.232. The number of anilines is 1. The summed E-state index contributed by atoms with van der Waals surface area (Å²) in [5.74, 6) is -0.232. The Morgan fingerprint density at radius 3 is 3.10 bits per heavy atom. The minimum atomic E-state index is -0.232. The zero-order valence-corrected chi connectivity index (χ0v) is 12.6. The molecule has 3 aromatic rings. The fourth-order valence-corrected chi connectivity index (χ4v) is 2.94. The topological polar surface area (TPSA) is 59.8 Å². The molecule has 1 amide bonds. The van der Waals surface area contributed by atoms with Crippen LogP contribution in [0, 0.1) is 0 Å². The van der Waals surface area contributed by atoms with Crippen molar-refractivity contribution in [3.8, 4) is 0 Å². The van der Waals surface area contributed by atoms with Gasteiger partial charge in [-0.2, -0.15) is 5.10 Å². The van der Waals surface area contributed by atoms with Gasteiger partial charge in [0.05, 0.1) is 16.4 Å². The number of amides is 1. The molecule has 7 heteroatoms. The molecule has 1 N–H and O–H groups in total. The third-order valence-corrected chi connectivity index (χ3v) is 3.90. The van der Waals surface area contributed by atoms with Crippen molar-refractivity contribution >= 4 is 50.3 Å². The molecule has 0 aliphatic heterocycles. The summed E-state index contributed by atoms with van der Waals surface area (Å²) in [4.78, 5) is 16.2. The van der Waals surface area contributed by atoms with E-state index in [9.17, 15) is 4.79 Å². The number of hydrogen-bond donors (Lipinski definition) is 1. The summed E-state index contributed by atoms with van der Waals surface area (Å²) in [6.45, 7) is 0. The predicted molar refractivity (Wildman–Crippen MR) is 85.5 cm³/mol. The first-order chi connectivity index (χ1) is 10.1. The summed E-state index contributed by atoms with van der Waals surface area (Å²) < 4.78 is 2.61. The van der Waals surface area contributed by atoms with Gasteiger partial charge in [-0.3, -0.25) is 14.8 Å². The van der Waals surface area contributed by atoms with E-state index in [1.807, 2.05) is 25.4 Å². The van der Waals surface area contributed by atoms with E-state index < -0.39 is 0 Å². The number of carbonyl (C=O) groups excluding carboxylic acids is 1. The zero-order chi connectivity index (χ0) is 14.8. The summed E-state index contributed by atoms with van der Waals surface area (Å²) in [5, 5.41) is 7.97. The maximum Gasteiger partial charge on any atom is 0.250 e. The third-order valence-electron chi connectivity index (χ3n) is 2.73. The van der Waals surface area contributed by atoms with Gasteiger partial charge in [0.1, 0.15) is 0 Å². The smallest absolute Gasteiger partial charge is 0.250 e. The molecule has 0 atom stereocenters. The van der Waals surface area contributed by atoms with E-state index in [-0.39, 0.29) is 5.91 Å². The molecule has 2 aromatic heterocycles. The molecule has 0 bridgehead atoms. The lowest BCUT2D eigenvalue weighted by molar-refractivity contribution is -0.111. The van der Waals surface area contributed by atoms with E-state index >= 15 is 0 Å². The van der Waals surface area contributed by atoms with Crippen molar-refractivity contribution in [3.63, 3.8) is 0 Å². The number of benzene rings is 1. The van der Waals surface area contributed by atoms with Gasteiger partial charge < -0.3 is 0 Å². The second-order valence-electron chi connectivity index (χ2n) is 4.40. The van der Waals surface area contributed by atoms with Gasteiger partial charge in [-0.25, -0.2) is 4.98 Å². The fraction of sp³-hybridized carbons (Fsp3) is 0.0714. The molecule has 0 radical (unpaired) electrons. The number of aromatic nitrogens is 3. The van der Waals surface area contributed by atoms with E-state index in [4.69, 9.17) is 11.6 Å². The van der Waals surface area contributed by atoms with Crippen LogP contribution in [0.1, 0.15) is 5.56 Å². The van der Waals surface area contributed by atoms with Crippen LogP contribution in [0.5, 0.6) is 0 Å². The monoisotopic (exact) mass is 318 g/mol.